The minimum atomic E-state index is -4.51. The fourth-order valence-electron chi connectivity index (χ4n) is 2.27. The second-order valence-electron chi connectivity index (χ2n) is 4.81. The van der Waals surface area contributed by atoms with Crippen molar-refractivity contribution in [3.63, 3.8) is 0 Å². The Bertz CT molecular complexity index is 1040. The molecular weight excluding hydrogens is 333 g/mol. The number of aromatic amines is 1. The molecule has 0 spiro atoms. The van der Waals surface area contributed by atoms with Crippen LogP contribution in [0.3, 0.4) is 0 Å². The van der Waals surface area contributed by atoms with Gasteiger partial charge in [-0.1, -0.05) is 11.6 Å². The molecule has 0 aliphatic carbocycles. The number of rotatable bonds is 1. The fourth-order valence-corrected chi connectivity index (χ4v) is 2.52. The molecule has 116 valence electrons. The maximum absolute atomic E-state index is 12.7. The summed E-state index contributed by atoms with van der Waals surface area (Å²) < 4.78 is 39.4. The van der Waals surface area contributed by atoms with Gasteiger partial charge in [-0.15, -0.1) is 0 Å². The van der Waals surface area contributed by atoms with Gasteiger partial charge in [-0.25, -0.2) is 9.67 Å². The minimum absolute atomic E-state index is 0.109. The second-order valence-corrected chi connectivity index (χ2v) is 5.21. The lowest BCUT2D eigenvalue weighted by molar-refractivity contribution is -0.137. The van der Waals surface area contributed by atoms with Crippen LogP contribution in [0.2, 0.25) is 5.02 Å². The van der Waals surface area contributed by atoms with E-state index in [1.54, 1.807) is 18.3 Å². The van der Waals surface area contributed by atoms with Crippen LogP contribution in [-0.2, 0) is 6.18 Å². The molecule has 0 saturated carbocycles. The van der Waals surface area contributed by atoms with Gasteiger partial charge in [-0.05, 0) is 18.2 Å². The third-order valence-corrected chi connectivity index (χ3v) is 3.63. The molecule has 0 aliphatic heterocycles. The van der Waals surface area contributed by atoms with Gasteiger partial charge in [0.25, 0.3) is 0 Å². The molecule has 4 rings (SSSR count). The summed E-state index contributed by atoms with van der Waals surface area (Å²) in [6.45, 7) is 0. The predicted molar refractivity (Wildman–Crippen MR) is 76.3 cm³/mol. The summed E-state index contributed by atoms with van der Waals surface area (Å²) in [6.07, 6.45) is -2.23. The molecule has 1 aromatic carbocycles. The summed E-state index contributed by atoms with van der Waals surface area (Å²) in [7, 11) is 0. The van der Waals surface area contributed by atoms with Gasteiger partial charge in [0.1, 0.15) is 11.0 Å². The van der Waals surface area contributed by atoms with Gasteiger partial charge in [0, 0.05) is 11.6 Å². The van der Waals surface area contributed by atoms with Crippen LogP contribution in [0.1, 0.15) is 5.56 Å². The Morgan fingerprint density at radius 3 is 2.48 bits per heavy atom. The van der Waals surface area contributed by atoms with E-state index in [0.29, 0.717) is 16.6 Å². The highest BCUT2D eigenvalue weighted by molar-refractivity contribution is 6.32. The number of H-pyrrole nitrogens is 1. The van der Waals surface area contributed by atoms with Gasteiger partial charge in [-0.3, -0.25) is 0 Å². The van der Waals surface area contributed by atoms with Crippen molar-refractivity contribution in [2.45, 2.75) is 6.18 Å². The van der Waals surface area contributed by atoms with Crippen molar-refractivity contribution in [1.29, 1.82) is 0 Å². The molecule has 0 atom stereocenters. The maximum Gasteiger partial charge on any atom is 0.417 e. The molecule has 0 radical (unpaired) electrons. The van der Waals surface area contributed by atoms with Crippen molar-refractivity contribution < 1.29 is 13.2 Å². The lowest BCUT2D eigenvalue weighted by atomic mass is 10.2. The van der Waals surface area contributed by atoms with Crippen LogP contribution in [0.5, 0.6) is 0 Å². The Labute approximate surface area is 130 Å². The molecule has 0 aliphatic rings. The van der Waals surface area contributed by atoms with Crippen LogP contribution in [0.25, 0.3) is 27.8 Å². The van der Waals surface area contributed by atoms with Crippen molar-refractivity contribution >= 4 is 33.5 Å². The van der Waals surface area contributed by atoms with Crippen LogP contribution in [0.15, 0.2) is 30.6 Å². The first-order valence-corrected chi connectivity index (χ1v) is 6.72. The first-order chi connectivity index (χ1) is 10.9. The number of benzene rings is 1. The van der Waals surface area contributed by atoms with Crippen LogP contribution in [0.4, 0.5) is 13.2 Å². The number of pyridine rings is 1. The first-order valence-electron chi connectivity index (χ1n) is 6.35. The van der Waals surface area contributed by atoms with Crippen molar-refractivity contribution in [3.05, 3.63) is 41.2 Å². The average Bonchev–Trinajstić information content (AvgIpc) is 3.09. The van der Waals surface area contributed by atoms with Gasteiger partial charge < -0.3 is 0 Å². The molecule has 4 aromatic rings. The Morgan fingerprint density at radius 1 is 1.04 bits per heavy atom. The summed E-state index contributed by atoms with van der Waals surface area (Å²) in [4.78, 5) is 3.81. The van der Waals surface area contributed by atoms with E-state index in [-0.39, 0.29) is 10.8 Å². The maximum atomic E-state index is 12.7. The zero-order valence-electron chi connectivity index (χ0n) is 11.1. The summed E-state index contributed by atoms with van der Waals surface area (Å²) in [5, 5.41) is 15.2. The summed E-state index contributed by atoms with van der Waals surface area (Å²) in [5.41, 5.74) is 0.952. The highest BCUT2D eigenvalue weighted by Gasteiger charge is 2.31. The number of nitrogens with zero attached hydrogens (tertiary/aromatic N) is 5. The summed E-state index contributed by atoms with van der Waals surface area (Å²) in [6, 6.07) is 4.29. The lowest BCUT2D eigenvalue weighted by Crippen LogP contribution is -2.08. The number of nitrogens with one attached hydrogen (secondary N) is 1. The van der Waals surface area contributed by atoms with E-state index in [0.717, 1.165) is 17.6 Å². The van der Waals surface area contributed by atoms with E-state index in [4.69, 9.17) is 11.6 Å². The van der Waals surface area contributed by atoms with E-state index in [9.17, 15) is 13.2 Å². The molecule has 1 N–H and O–H groups in total. The molecule has 0 amide bonds. The fraction of sp³-hybridized carbons (Fsp3) is 0.0769. The predicted octanol–water partition coefficient (Wildman–Crippen LogP) is 3.36. The highest BCUT2D eigenvalue weighted by atomic mass is 35.5. The van der Waals surface area contributed by atoms with E-state index < -0.39 is 11.7 Å². The number of alkyl halides is 3. The number of hydrogen-bond donors (Lipinski definition) is 1. The van der Waals surface area contributed by atoms with E-state index in [1.807, 2.05) is 0 Å². The number of hydrogen-bond acceptors (Lipinski definition) is 4. The van der Waals surface area contributed by atoms with E-state index in [2.05, 4.69) is 25.5 Å². The number of halogens is 4. The van der Waals surface area contributed by atoms with E-state index in [1.165, 1.54) is 4.68 Å². The third-order valence-electron chi connectivity index (χ3n) is 3.35. The Balaban J connectivity index is 1.91. The Hall–Kier alpha value is -2.68. The van der Waals surface area contributed by atoms with Crippen molar-refractivity contribution in [2.75, 3.05) is 0 Å². The number of fused-ring (bicyclic) bond motifs is 2. The normalized spacial score (nSPS) is 12.3. The van der Waals surface area contributed by atoms with Gasteiger partial charge in [0.05, 0.1) is 22.3 Å². The average molecular weight is 339 g/mol. The van der Waals surface area contributed by atoms with Gasteiger partial charge in [0.15, 0.2) is 5.82 Å². The quantitative estimate of drug-likeness (QED) is 0.577. The topological polar surface area (TPSA) is 72.3 Å². The monoisotopic (exact) mass is 338 g/mol. The highest BCUT2D eigenvalue weighted by Crippen LogP contribution is 2.32. The summed E-state index contributed by atoms with van der Waals surface area (Å²) in [5.74, 6) is 0.109. The summed E-state index contributed by atoms with van der Waals surface area (Å²) >= 11 is 5.97. The third kappa shape index (κ3) is 2.20. The molecule has 23 heavy (non-hydrogen) atoms. The van der Waals surface area contributed by atoms with Crippen molar-refractivity contribution in [1.82, 2.24) is 30.2 Å². The van der Waals surface area contributed by atoms with Gasteiger partial charge >= 0.3 is 6.18 Å². The Morgan fingerprint density at radius 2 is 1.78 bits per heavy atom. The molecule has 10 heteroatoms. The molecule has 0 bridgehead atoms. The zero-order chi connectivity index (χ0) is 16.2. The number of aromatic nitrogens is 6. The molecule has 0 saturated heterocycles. The largest absolute Gasteiger partial charge is 0.417 e. The molecule has 0 unspecified atom stereocenters. The van der Waals surface area contributed by atoms with E-state index >= 15 is 0 Å². The van der Waals surface area contributed by atoms with Crippen LogP contribution >= 0.6 is 11.6 Å². The lowest BCUT2D eigenvalue weighted by Gasteiger charge is -2.09. The standard InChI is InChI=1S/C13H6ClF3N6/c14-8-2-7(13(15,16)17)5-18-12(8)23-11-3-10-9(20-22-21-10)1-6(11)4-19-23/h1-5H,(H,20,21,22). The molecule has 3 heterocycles. The molecular formula is C13H6ClF3N6. The van der Waals surface area contributed by atoms with Gasteiger partial charge in [-0.2, -0.15) is 33.7 Å². The Kier molecular flexibility index (Phi) is 2.82. The SMILES string of the molecule is FC(F)(F)c1cnc(-n2ncc3cc4n[nH]nc4cc32)c(Cl)c1. The van der Waals surface area contributed by atoms with Crippen molar-refractivity contribution in [3.8, 4) is 5.82 Å². The molecule has 6 nitrogen and oxygen atoms in total. The second kappa shape index (κ2) is 4.66. The van der Waals surface area contributed by atoms with Crippen LogP contribution in [-0.4, -0.2) is 30.2 Å². The first kappa shape index (κ1) is 13.9. The zero-order valence-corrected chi connectivity index (χ0v) is 11.9. The van der Waals surface area contributed by atoms with Gasteiger partial charge in [0.2, 0.25) is 0 Å². The minimum Gasteiger partial charge on any atom is -0.235 e. The van der Waals surface area contributed by atoms with Crippen LogP contribution < -0.4 is 0 Å². The smallest absolute Gasteiger partial charge is 0.235 e. The van der Waals surface area contributed by atoms with Crippen LogP contribution in [0, 0.1) is 0 Å². The molecule has 0 fully saturated rings. The molecule has 3 aromatic heterocycles. The van der Waals surface area contributed by atoms with Crippen molar-refractivity contribution in [2.24, 2.45) is 0 Å².